The van der Waals surface area contributed by atoms with Crippen LogP contribution in [0.3, 0.4) is 0 Å². The molecule has 0 spiro atoms. The Labute approximate surface area is 96.4 Å². The normalized spacial score (nSPS) is 45.7. The standard InChI is InChI=1S/C14H19NO/c1-15-14(10-4-5-16-7-10)13-11-8-2-3-9(6-8)12(11)13/h4-5,7-9,11-15H,2-3,6H2,1H3. The fraction of sp³-hybridized carbons (Fsp3) is 0.714. The summed E-state index contributed by atoms with van der Waals surface area (Å²) in [5.74, 6) is 5.08. The second-order valence-corrected chi connectivity index (χ2v) is 5.89. The van der Waals surface area contributed by atoms with Gasteiger partial charge in [-0.25, -0.2) is 0 Å². The van der Waals surface area contributed by atoms with E-state index in [0.29, 0.717) is 6.04 Å². The minimum Gasteiger partial charge on any atom is -0.472 e. The summed E-state index contributed by atoms with van der Waals surface area (Å²) in [5.41, 5.74) is 1.35. The first-order valence-corrected chi connectivity index (χ1v) is 6.59. The van der Waals surface area contributed by atoms with Crippen LogP contribution in [0.2, 0.25) is 0 Å². The topological polar surface area (TPSA) is 25.2 Å². The summed E-state index contributed by atoms with van der Waals surface area (Å²) in [6, 6.07) is 2.66. The van der Waals surface area contributed by atoms with E-state index in [1.54, 1.807) is 6.26 Å². The summed E-state index contributed by atoms with van der Waals surface area (Å²) in [4.78, 5) is 0. The van der Waals surface area contributed by atoms with Crippen molar-refractivity contribution in [2.75, 3.05) is 7.05 Å². The van der Waals surface area contributed by atoms with Crippen LogP contribution < -0.4 is 5.32 Å². The monoisotopic (exact) mass is 217 g/mol. The van der Waals surface area contributed by atoms with Gasteiger partial charge in [0.15, 0.2) is 0 Å². The fourth-order valence-electron chi connectivity index (χ4n) is 4.87. The molecule has 0 radical (unpaired) electrons. The summed E-state index contributed by atoms with van der Waals surface area (Å²) in [6.07, 6.45) is 8.26. The van der Waals surface area contributed by atoms with Crippen LogP contribution in [0, 0.1) is 29.6 Å². The zero-order valence-corrected chi connectivity index (χ0v) is 9.73. The zero-order valence-electron chi connectivity index (χ0n) is 9.73. The SMILES string of the molecule is CNC(c1ccoc1)C1C2C3CCC(C3)C21. The Morgan fingerprint density at radius 3 is 2.62 bits per heavy atom. The number of hydrogen-bond acceptors (Lipinski definition) is 2. The molecule has 3 saturated carbocycles. The molecule has 0 aromatic carbocycles. The van der Waals surface area contributed by atoms with Crippen molar-refractivity contribution in [1.82, 2.24) is 5.32 Å². The van der Waals surface area contributed by atoms with Crippen LogP contribution in [0.25, 0.3) is 0 Å². The van der Waals surface area contributed by atoms with E-state index in [2.05, 4.69) is 18.4 Å². The van der Waals surface area contributed by atoms with E-state index in [1.165, 1.54) is 24.8 Å². The molecular formula is C14H19NO. The molecule has 0 aliphatic heterocycles. The summed E-state index contributed by atoms with van der Waals surface area (Å²) < 4.78 is 5.23. The molecule has 1 heterocycles. The maximum absolute atomic E-state index is 5.23. The van der Waals surface area contributed by atoms with Crippen molar-refractivity contribution in [2.24, 2.45) is 29.6 Å². The van der Waals surface area contributed by atoms with Gasteiger partial charge >= 0.3 is 0 Å². The van der Waals surface area contributed by atoms with E-state index in [0.717, 1.165) is 29.6 Å². The summed E-state index contributed by atoms with van der Waals surface area (Å²) in [7, 11) is 2.09. The molecule has 1 aromatic rings. The molecule has 86 valence electrons. The van der Waals surface area contributed by atoms with Crippen LogP contribution in [-0.2, 0) is 0 Å². The number of nitrogens with one attached hydrogen (secondary N) is 1. The number of hydrogen-bond donors (Lipinski definition) is 1. The molecule has 0 amide bonds. The lowest BCUT2D eigenvalue weighted by atomic mass is 9.94. The Kier molecular flexibility index (Phi) is 1.82. The van der Waals surface area contributed by atoms with Gasteiger partial charge in [-0.2, -0.15) is 0 Å². The number of furan rings is 1. The molecule has 5 unspecified atom stereocenters. The van der Waals surface area contributed by atoms with Crippen LogP contribution in [0.4, 0.5) is 0 Å². The second-order valence-electron chi connectivity index (χ2n) is 5.89. The first-order chi connectivity index (χ1) is 7.90. The minimum atomic E-state index is 0.539. The molecule has 2 heteroatoms. The summed E-state index contributed by atoms with van der Waals surface area (Å²) >= 11 is 0. The van der Waals surface area contributed by atoms with Crippen LogP contribution in [0.5, 0.6) is 0 Å². The van der Waals surface area contributed by atoms with Crippen molar-refractivity contribution in [3.63, 3.8) is 0 Å². The molecule has 16 heavy (non-hydrogen) atoms. The molecular weight excluding hydrogens is 198 g/mol. The second kappa shape index (κ2) is 3.13. The van der Waals surface area contributed by atoms with Crippen molar-refractivity contribution in [2.45, 2.75) is 25.3 Å². The number of fused-ring (bicyclic) bond motifs is 5. The van der Waals surface area contributed by atoms with E-state index in [1.807, 2.05) is 6.26 Å². The first-order valence-electron chi connectivity index (χ1n) is 6.59. The lowest BCUT2D eigenvalue weighted by molar-refractivity contribution is 0.383. The van der Waals surface area contributed by atoms with Gasteiger partial charge in [-0.1, -0.05) is 0 Å². The molecule has 3 aliphatic carbocycles. The molecule has 1 aromatic heterocycles. The summed E-state index contributed by atoms with van der Waals surface area (Å²) in [6.45, 7) is 0. The van der Waals surface area contributed by atoms with E-state index in [4.69, 9.17) is 4.42 Å². The smallest absolute Gasteiger partial charge is 0.0950 e. The van der Waals surface area contributed by atoms with Crippen LogP contribution in [0.1, 0.15) is 30.9 Å². The average Bonchev–Trinajstić information content (AvgIpc) is 2.78. The molecule has 3 fully saturated rings. The lowest BCUT2D eigenvalue weighted by Crippen LogP contribution is -2.21. The third-order valence-electron chi connectivity index (χ3n) is 5.39. The van der Waals surface area contributed by atoms with Gasteiger partial charge in [0.25, 0.3) is 0 Å². The Morgan fingerprint density at radius 1 is 1.31 bits per heavy atom. The van der Waals surface area contributed by atoms with Crippen molar-refractivity contribution in [1.29, 1.82) is 0 Å². The van der Waals surface area contributed by atoms with Crippen molar-refractivity contribution < 1.29 is 4.42 Å². The Balaban J connectivity index is 1.59. The van der Waals surface area contributed by atoms with Crippen molar-refractivity contribution in [3.05, 3.63) is 24.2 Å². The number of rotatable bonds is 3. The van der Waals surface area contributed by atoms with Gasteiger partial charge in [0.05, 0.1) is 12.5 Å². The highest BCUT2D eigenvalue weighted by molar-refractivity contribution is 5.23. The van der Waals surface area contributed by atoms with Crippen LogP contribution in [-0.4, -0.2) is 7.05 Å². The average molecular weight is 217 g/mol. The quantitative estimate of drug-likeness (QED) is 0.842. The highest BCUT2D eigenvalue weighted by atomic mass is 16.3. The largest absolute Gasteiger partial charge is 0.472 e. The van der Waals surface area contributed by atoms with Gasteiger partial charge < -0.3 is 9.73 Å². The third-order valence-corrected chi connectivity index (χ3v) is 5.39. The molecule has 4 rings (SSSR count). The molecule has 0 saturated heterocycles. The predicted octanol–water partition coefficient (Wildman–Crippen LogP) is 2.83. The van der Waals surface area contributed by atoms with Crippen LogP contribution >= 0.6 is 0 Å². The van der Waals surface area contributed by atoms with E-state index >= 15 is 0 Å². The summed E-state index contributed by atoms with van der Waals surface area (Å²) in [5, 5.41) is 3.50. The highest BCUT2D eigenvalue weighted by Gasteiger charge is 2.66. The van der Waals surface area contributed by atoms with E-state index < -0.39 is 0 Å². The van der Waals surface area contributed by atoms with Gasteiger partial charge in [-0.3, -0.25) is 0 Å². The molecule has 5 atom stereocenters. The van der Waals surface area contributed by atoms with Gasteiger partial charge in [0.1, 0.15) is 0 Å². The van der Waals surface area contributed by atoms with Gasteiger partial charge in [0.2, 0.25) is 0 Å². The lowest BCUT2D eigenvalue weighted by Gasteiger charge is -2.18. The van der Waals surface area contributed by atoms with Crippen LogP contribution in [0.15, 0.2) is 23.0 Å². The zero-order chi connectivity index (χ0) is 10.7. The molecule has 2 bridgehead atoms. The fourth-order valence-corrected chi connectivity index (χ4v) is 4.87. The maximum atomic E-state index is 5.23. The maximum Gasteiger partial charge on any atom is 0.0950 e. The van der Waals surface area contributed by atoms with Crippen molar-refractivity contribution in [3.8, 4) is 0 Å². The van der Waals surface area contributed by atoms with Gasteiger partial charge in [0, 0.05) is 11.6 Å². The third kappa shape index (κ3) is 1.06. The Morgan fingerprint density at radius 2 is 2.06 bits per heavy atom. The predicted molar refractivity (Wildman–Crippen MR) is 61.8 cm³/mol. The molecule has 2 nitrogen and oxygen atoms in total. The van der Waals surface area contributed by atoms with E-state index in [-0.39, 0.29) is 0 Å². The minimum absolute atomic E-state index is 0.539. The Bertz CT molecular complexity index is 369. The molecule has 1 N–H and O–H groups in total. The van der Waals surface area contributed by atoms with Crippen molar-refractivity contribution >= 4 is 0 Å². The Hall–Kier alpha value is -0.760. The highest BCUT2D eigenvalue weighted by Crippen LogP contribution is 2.72. The molecule has 3 aliphatic rings. The first kappa shape index (κ1) is 9.29. The van der Waals surface area contributed by atoms with E-state index in [9.17, 15) is 0 Å². The van der Waals surface area contributed by atoms with Gasteiger partial charge in [-0.15, -0.1) is 0 Å². The van der Waals surface area contributed by atoms with Gasteiger partial charge in [-0.05, 0) is 62.0 Å².